The molecule has 0 unspecified atom stereocenters. The first-order valence-electron chi connectivity index (χ1n) is 17.9. The highest BCUT2D eigenvalue weighted by Crippen LogP contribution is 2.48. The minimum atomic E-state index is 0.967. The molecule has 52 heavy (non-hydrogen) atoms. The molecule has 0 radical (unpaired) electrons. The van der Waals surface area contributed by atoms with Crippen LogP contribution in [0.4, 0.5) is 0 Å². The van der Waals surface area contributed by atoms with Crippen LogP contribution in [0.3, 0.4) is 0 Å². The first kappa shape index (κ1) is 27.8. The molecular formula is C49H29N3. The molecule has 8 aromatic carbocycles. The Morgan fingerprint density at radius 3 is 1.73 bits per heavy atom. The molecule has 3 heteroatoms. The molecule has 11 aromatic rings. The zero-order chi connectivity index (χ0) is 33.9. The third-order valence-corrected chi connectivity index (χ3v) is 11.3. The van der Waals surface area contributed by atoms with Crippen LogP contribution in [0.2, 0.25) is 0 Å². The second-order valence-electron chi connectivity index (χ2n) is 14.0. The van der Waals surface area contributed by atoms with Gasteiger partial charge in [-0.25, -0.2) is 4.98 Å². The van der Waals surface area contributed by atoms with Gasteiger partial charge in [-0.1, -0.05) is 115 Å². The van der Waals surface area contributed by atoms with Gasteiger partial charge in [-0.3, -0.25) is 4.57 Å². The molecular weight excluding hydrogens is 631 g/mol. The minimum Gasteiger partial charge on any atom is -0.309 e. The van der Waals surface area contributed by atoms with Crippen LogP contribution in [-0.4, -0.2) is 14.1 Å². The van der Waals surface area contributed by atoms with Crippen LogP contribution in [0.25, 0.3) is 110 Å². The summed E-state index contributed by atoms with van der Waals surface area (Å²) in [6.07, 6.45) is 2.08. The molecule has 0 aliphatic heterocycles. The van der Waals surface area contributed by atoms with Crippen LogP contribution in [0, 0.1) is 0 Å². The lowest BCUT2D eigenvalue weighted by Gasteiger charge is -2.12. The standard InChI is InChI=1S/C49H29N3/c1-2-13-34(14-3-1)51-45-23-21-33(27-41(45)42-25-30-11-4-5-12-31(30)28-47(42)51)32-22-24-46-40(26-32)37-17-8-9-20-44(37)52(46)49-39-19-10-18-38-35-15-6-7-16-36(35)43(29-50-49)48(38)39/h1-29H. The quantitative estimate of drug-likeness (QED) is 0.185. The van der Waals surface area contributed by atoms with Gasteiger partial charge in [0.2, 0.25) is 0 Å². The van der Waals surface area contributed by atoms with Crippen molar-refractivity contribution in [3.8, 4) is 44.9 Å². The monoisotopic (exact) mass is 659 g/mol. The van der Waals surface area contributed by atoms with Crippen LogP contribution in [0.5, 0.6) is 0 Å². The van der Waals surface area contributed by atoms with E-state index in [9.17, 15) is 0 Å². The van der Waals surface area contributed by atoms with Crippen molar-refractivity contribution >= 4 is 65.2 Å². The zero-order valence-electron chi connectivity index (χ0n) is 28.1. The minimum absolute atomic E-state index is 0.967. The summed E-state index contributed by atoms with van der Waals surface area (Å²) in [6, 6.07) is 62.1. The van der Waals surface area contributed by atoms with Gasteiger partial charge in [0.05, 0.1) is 22.1 Å². The van der Waals surface area contributed by atoms with Gasteiger partial charge in [-0.2, -0.15) is 0 Å². The number of nitrogens with zero attached hydrogens (tertiary/aromatic N) is 3. The van der Waals surface area contributed by atoms with Gasteiger partial charge in [0.15, 0.2) is 0 Å². The van der Waals surface area contributed by atoms with E-state index in [-0.39, 0.29) is 0 Å². The van der Waals surface area contributed by atoms with E-state index in [2.05, 4.69) is 185 Å². The Morgan fingerprint density at radius 1 is 0.346 bits per heavy atom. The summed E-state index contributed by atoms with van der Waals surface area (Å²) in [5.74, 6) is 0.967. The summed E-state index contributed by atoms with van der Waals surface area (Å²) in [5, 5.41) is 9.91. The van der Waals surface area contributed by atoms with Crippen LogP contribution in [0.1, 0.15) is 0 Å². The van der Waals surface area contributed by atoms with Gasteiger partial charge >= 0.3 is 0 Å². The SMILES string of the molecule is c1ccc(-n2c3ccc(-c4ccc5c(c4)c4ccccc4n5-c4ncc5c6c(cccc46)-c4ccccc4-5)cc3c3cc4ccccc4cc32)cc1. The summed E-state index contributed by atoms with van der Waals surface area (Å²) >= 11 is 0. The van der Waals surface area contributed by atoms with E-state index in [1.54, 1.807) is 0 Å². The lowest BCUT2D eigenvalue weighted by atomic mass is 10.00. The van der Waals surface area contributed by atoms with Gasteiger partial charge in [-0.05, 0) is 93.2 Å². The van der Waals surface area contributed by atoms with E-state index in [0.717, 1.165) is 16.9 Å². The van der Waals surface area contributed by atoms with Gasteiger partial charge < -0.3 is 4.57 Å². The Morgan fingerprint density at radius 2 is 0.923 bits per heavy atom. The summed E-state index contributed by atoms with van der Waals surface area (Å²) in [5.41, 5.74) is 13.3. The molecule has 1 aliphatic rings. The number of fused-ring (bicyclic) bond motifs is 10. The molecule has 0 spiro atoms. The van der Waals surface area contributed by atoms with Crippen molar-refractivity contribution < 1.29 is 0 Å². The third-order valence-electron chi connectivity index (χ3n) is 11.3. The van der Waals surface area contributed by atoms with Gasteiger partial charge in [-0.15, -0.1) is 0 Å². The molecule has 3 aromatic heterocycles. The van der Waals surface area contributed by atoms with E-state index >= 15 is 0 Å². The number of rotatable bonds is 3. The highest BCUT2D eigenvalue weighted by atomic mass is 15.1. The fourth-order valence-electron chi connectivity index (χ4n) is 8.97. The maximum atomic E-state index is 5.21. The van der Waals surface area contributed by atoms with Gasteiger partial charge in [0, 0.05) is 49.8 Å². The van der Waals surface area contributed by atoms with Gasteiger partial charge in [0.1, 0.15) is 5.82 Å². The lowest BCUT2D eigenvalue weighted by Crippen LogP contribution is -1.99. The van der Waals surface area contributed by atoms with E-state index in [0.29, 0.717) is 0 Å². The molecule has 0 atom stereocenters. The molecule has 0 saturated heterocycles. The molecule has 0 amide bonds. The molecule has 3 nitrogen and oxygen atoms in total. The van der Waals surface area contributed by atoms with E-state index in [4.69, 9.17) is 4.98 Å². The number of hydrogen-bond donors (Lipinski definition) is 0. The molecule has 0 saturated carbocycles. The fraction of sp³-hybridized carbons (Fsp3) is 0. The summed E-state index contributed by atoms with van der Waals surface area (Å²) < 4.78 is 4.77. The molecule has 0 N–H and O–H groups in total. The Balaban J connectivity index is 1.08. The summed E-state index contributed by atoms with van der Waals surface area (Å²) in [4.78, 5) is 5.21. The first-order chi connectivity index (χ1) is 25.8. The van der Waals surface area contributed by atoms with Crippen molar-refractivity contribution in [3.63, 3.8) is 0 Å². The molecule has 3 heterocycles. The van der Waals surface area contributed by atoms with E-state index in [1.165, 1.54) is 93.2 Å². The average Bonchev–Trinajstić information content (AvgIpc) is 3.83. The molecule has 0 bridgehead atoms. The first-order valence-corrected chi connectivity index (χ1v) is 17.9. The van der Waals surface area contributed by atoms with Crippen molar-refractivity contribution in [2.24, 2.45) is 0 Å². The van der Waals surface area contributed by atoms with Crippen LogP contribution < -0.4 is 0 Å². The maximum absolute atomic E-state index is 5.21. The molecule has 12 rings (SSSR count). The predicted molar refractivity (Wildman–Crippen MR) is 218 cm³/mol. The number of aromatic nitrogens is 3. The van der Waals surface area contributed by atoms with Crippen molar-refractivity contribution in [2.75, 3.05) is 0 Å². The lowest BCUT2D eigenvalue weighted by molar-refractivity contribution is 1.10. The number of hydrogen-bond acceptors (Lipinski definition) is 1. The normalized spacial score (nSPS) is 12.2. The number of benzene rings is 8. The second kappa shape index (κ2) is 10.3. The third kappa shape index (κ3) is 3.72. The molecule has 0 fully saturated rings. The Kier molecular flexibility index (Phi) is 5.50. The van der Waals surface area contributed by atoms with Crippen LogP contribution in [-0.2, 0) is 0 Å². The topological polar surface area (TPSA) is 22.8 Å². The zero-order valence-corrected chi connectivity index (χ0v) is 28.1. The van der Waals surface area contributed by atoms with Crippen LogP contribution in [0.15, 0.2) is 176 Å². The highest BCUT2D eigenvalue weighted by molar-refractivity contribution is 6.19. The second-order valence-corrected chi connectivity index (χ2v) is 14.0. The summed E-state index contributed by atoms with van der Waals surface area (Å²) in [7, 11) is 0. The Bertz CT molecular complexity index is 3260. The Labute approximate surface area is 299 Å². The maximum Gasteiger partial charge on any atom is 0.145 e. The molecule has 1 aliphatic carbocycles. The Hall–Kier alpha value is -6.97. The molecule has 240 valence electrons. The smallest absolute Gasteiger partial charge is 0.145 e. The average molecular weight is 660 g/mol. The largest absolute Gasteiger partial charge is 0.309 e. The van der Waals surface area contributed by atoms with Gasteiger partial charge in [0.25, 0.3) is 0 Å². The van der Waals surface area contributed by atoms with Crippen molar-refractivity contribution in [3.05, 3.63) is 176 Å². The fourth-order valence-corrected chi connectivity index (χ4v) is 8.97. The number of pyridine rings is 1. The van der Waals surface area contributed by atoms with Crippen molar-refractivity contribution in [1.29, 1.82) is 0 Å². The van der Waals surface area contributed by atoms with E-state index in [1.807, 2.05) is 0 Å². The van der Waals surface area contributed by atoms with E-state index < -0.39 is 0 Å². The highest BCUT2D eigenvalue weighted by Gasteiger charge is 2.25. The predicted octanol–water partition coefficient (Wildman–Crippen LogP) is 12.9. The van der Waals surface area contributed by atoms with Crippen molar-refractivity contribution in [1.82, 2.24) is 14.1 Å². The summed E-state index contributed by atoms with van der Waals surface area (Å²) in [6.45, 7) is 0. The number of para-hydroxylation sites is 2. The van der Waals surface area contributed by atoms with Crippen molar-refractivity contribution in [2.45, 2.75) is 0 Å². The van der Waals surface area contributed by atoms with Crippen LogP contribution >= 0.6 is 0 Å².